The Balaban J connectivity index is 2.03. The lowest BCUT2D eigenvalue weighted by molar-refractivity contribution is 0.0286. The Morgan fingerprint density at radius 1 is 1.24 bits per heavy atom. The molecule has 0 saturated heterocycles. The predicted molar refractivity (Wildman–Crippen MR) is 86.3 cm³/mol. The van der Waals surface area contributed by atoms with Crippen LogP contribution in [0.25, 0.3) is 0 Å². The van der Waals surface area contributed by atoms with Gasteiger partial charge in [0.05, 0.1) is 18.2 Å². The van der Waals surface area contributed by atoms with Crippen molar-refractivity contribution >= 4 is 0 Å². The third-order valence-corrected chi connectivity index (χ3v) is 4.35. The van der Waals surface area contributed by atoms with Crippen LogP contribution in [0.15, 0.2) is 30.3 Å². The van der Waals surface area contributed by atoms with Crippen LogP contribution in [0.2, 0.25) is 0 Å². The third-order valence-electron chi connectivity index (χ3n) is 4.35. The van der Waals surface area contributed by atoms with Crippen LogP contribution in [0, 0.1) is 0 Å². The zero-order valence-electron chi connectivity index (χ0n) is 13.3. The standard InChI is InChI=1S/C18H29NO2/c1-15(2)19-18(14-20,16-8-4-3-5-9-16)12-13-21-17-10-6-7-11-17/h3-5,8-9,15,17,19-20H,6-7,10-14H2,1-2H3. The summed E-state index contributed by atoms with van der Waals surface area (Å²) in [5, 5.41) is 13.6. The molecule has 1 aliphatic carbocycles. The van der Waals surface area contributed by atoms with Gasteiger partial charge < -0.3 is 15.2 Å². The van der Waals surface area contributed by atoms with Gasteiger partial charge in [0, 0.05) is 12.6 Å². The Kier molecular flexibility index (Phi) is 6.22. The number of hydrogen-bond acceptors (Lipinski definition) is 3. The van der Waals surface area contributed by atoms with E-state index in [0.29, 0.717) is 18.8 Å². The van der Waals surface area contributed by atoms with Gasteiger partial charge in [0.25, 0.3) is 0 Å². The number of benzene rings is 1. The van der Waals surface area contributed by atoms with Crippen molar-refractivity contribution < 1.29 is 9.84 Å². The lowest BCUT2D eigenvalue weighted by atomic mass is 9.86. The van der Waals surface area contributed by atoms with Crippen molar-refractivity contribution in [3.8, 4) is 0 Å². The SMILES string of the molecule is CC(C)NC(CO)(CCOC1CCCC1)c1ccccc1. The second-order valence-electron chi connectivity index (χ2n) is 6.43. The van der Waals surface area contributed by atoms with Gasteiger partial charge in [-0.05, 0) is 38.7 Å². The largest absolute Gasteiger partial charge is 0.394 e. The zero-order chi connectivity index (χ0) is 15.1. The predicted octanol–water partition coefficient (Wildman–Crippen LogP) is 3.22. The molecule has 1 atom stereocenters. The van der Waals surface area contributed by atoms with Gasteiger partial charge in [0.1, 0.15) is 0 Å². The van der Waals surface area contributed by atoms with E-state index in [0.717, 1.165) is 12.0 Å². The Labute approximate surface area is 128 Å². The molecule has 1 aromatic carbocycles. The monoisotopic (exact) mass is 291 g/mol. The van der Waals surface area contributed by atoms with Crippen LogP contribution >= 0.6 is 0 Å². The van der Waals surface area contributed by atoms with E-state index < -0.39 is 5.54 Å². The highest BCUT2D eigenvalue weighted by Crippen LogP contribution is 2.27. The molecular formula is C18H29NO2. The number of hydrogen-bond donors (Lipinski definition) is 2. The van der Waals surface area contributed by atoms with Crippen molar-refractivity contribution in [2.24, 2.45) is 0 Å². The van der Waals surface area contributed by atoms with E-state index >= 15 is 0 Å². The van der Waals surface area contributed by atoms with Gasteiger partial charge in [-0.25, -0.2) is 0 Å². The molecule has 0 bridgehead atoms. The summed E-state index contributed by atoms with van der Waals surface area (Å²) in [4.78, 5) is 0. The topological polar surface area (TPSA) is 41.5 Å². The number of aliphatic hydroxyl groups excluding tert-OH is 1. The molecule has 0 aliphatic heterocycles. The molecule has 0 heterocycles. The van der Waals surface area contributed by atoms with Crippen molar-refractivity contribution in [2.75, 3.05) is 13.2 Å². The van der Waals surface area contributed by atoms with Gasteiger partial charge in [-0.15, -0.1) is 0 Å². The highest BCUT2D eigenvalue weighted by atomic mass is 16.5. The lowest BCUT2D eigenvalue weighted by Gasteiger charge is -2.36. The number of ether oxygens (including phenoxy) is 1. The smallest absolute Gasteiger partial charge is 0.0693 e. The summed E-state index contributed by atoms with van der Waals surface area (Å²) in [5.74, 6) is 0. The van der Waals surface area contributed by atoms with Crippen molar-refractivity contribution in [3.63, 3.8) is 0 Å². The molecule has 1 aliphatic rings. The van der Waals surface area contributed by atoms with Gasteiger partial charge in [-0.3, -0.25) is 0 Å². The van der Waals surface area contributed by atoms with Crippen molar-refractivity contribution in [1.82, 2.24) is 5.32 Å². The van der Waals surface area contributed by atoms with Gasteiger partial charge >= 0.3 is 0 Å². The van der Waals surface area contributed by atoms with Gasteiger partial charge in [0.15, 0.2) is 0 Å². The molecule has 3 nitrogen and oxygen atoms in total. The minimum Gasteiger partial charge on any atom is -0.394 e. The molecule has 2 N–H and O–H groups in total. The van der Waals surface area contributed by atoms with E-state index in [1.165, 1.54) is 25.7 Å². The third kappa shape index (κ3) is 4.53. The Bertz CT molecular complexity index is 401. The molecule has 0 radical (unpaired) electrons. The minimum atomic E-state index is -0.409. The second-order valence-corrected chi connectivity index (χ2v) is 6.43. The number of aliphatic hydroxyl groups is 1. The maximum Gasteiger partial charge on any atom is 0.0693 e. The van der Waals surface area contributed by atoms with E-state index in [2.05, 4.69) is 31.3 Å². The van der Waals surface area contributed by atoms with Crippen LogP contribution < -0.4 is 5.32 Å². The minimum absolute atomic E-state index is 0.0865. The van der Waals surface area contributed by atoms with Crippen molar-refractivity contribution in [3.05, 3.63) is 35.9 Å². The fraction of sp³-hybridized carbons (Fsp3) is 0.667. The molecule has 1 saturated carbocycles. The molecule has 0 amide bonds. The summed E-state index contributed by atoms with van der Waals surface area (Å²) in [7, 11) is 0. The molecule has 0 aromatic heterocycles. The van der Waals surface area contributed by atoms with Crippen LogP contribution in [0.4, 0.5) is 0 Å². The maximum absolute atomic E-state index is 10.1. The fourth-order valence-electron chi connectivity index (χ4n) is 3.28. The Morgan fingerprint density at radius 2 is 1.90 bits per heavy atom. The normalized spacial score (nSPS) is 19.0. The summed E-state index contributed by atoms with van der Waals surface area (Å²) in [6.07, 6.45) is 6.18. The van der Waals surface area contributed by atoms with Crippen LogP contribution in [-0.2, 0) is 10.3 Å². The molecule has 118 valence electrons. The van der Waals surface area contributed by atoms with E-state index in [1.807, 2.05) is 18.2 Å². The maximum atomic E-state index is 10.1. The Hall–Kier alpha value is -0.900. The molecule has 2 rings (SSSR count). The van der Waals surface area contributed by atoms with Crippen molar-refractivity contribution in [2.45, 2.75) is 63.6 Å². The highest BCUT2D eigenvalue weighted by molar-refractivity contribution is 5.25. The molecule has 21 heavy (non-hydrogen) atoms. The Morgan fingerprint density at radius 3 is 2.48 bits per heavy atom. The fourth-order valence-corrected chi connectivity index (χ4v) is 3.28. The molecule has 0 spiro atoms. The van der Waals surface area contributed by atoms with Gasteiger partial charge in [-0.1, -0.05) is 43.2 Å². The summed E-state index contributed by atoms with van der Waals surface area (Å²) < 4.78 is 6.01. The van der Waals surface area contributed by atoms with E-state index in [4.69, 9.17) is 4.74 Å². The molecule has 1 unspecified atom stereocenters. The van der Waals surface area contributed by atoms with Crippen molar-refractivity contribution in [1.29, 1.82) is 0 Å². The van der Waals surface area contributed by atoms with Crippen LogP contribution in [0.5, 0.6) is 0 Å². The summed E-state index contributed by atoms with van der Waals surface area (Å²) in [6.45, 7) is 5.01. The van der Waals surface area contributed by atoms with Crippen LogP contribution in [0.1, 0.15) is 51.5 Å². The quantitative estimate of drug-likeness (QED) is 0.772. The molecule has 1 aromatic rings. The van der Waals surface area contributed by atoms with Crippen LogP contribution in [0.3, 0.4) is 0 Å². The highest BCUT2D eigenvalue weighted by Gasteiger charge is 2.32. The molecule has 1 fully saturated rings. The summed E-state index contributed by atoms with van der Waals surface area (Å²) in [6, 6.07) is 10.5. The first-order chi connectivity index (χ1) is 10.2. The average molecular weight is 291 g/mol. The lowest BCUT2D eigenvalue weighted by Crippen LogP contribution is -2.49. The summed E-state index contributed by atoms with van der Waals surface area (Å²) >= 11 is 0. The average Bonchev–Trinajstić information content (AvgIpc) is 3.00. The van der Waals surface area contributed by atoms with Gasteiger partial charge in [-0.2, -0.15) is 0 Å². The van der Waals surface area contributed by atoms with E-state index in [9.17, 15) is 5.11 Å². The first kappa shape index (κ1) is 16.5. The van der Waals surface area contributed by atoms with E-state index in [1.54, 1.807) is 0 Å². The molecular weight excluding hydrogens is 262 g/mol. The summed E-state index contributed by atoms with van der Waals surface area (Å²) in [5.41, 5.74) is 0.727. The number of rotatable bonds is 8. The van der Waals surface area contributed by atoms with Gasteiger partial charge in [0.2, 0.25) is 0 Å². The van der Waals surface area contributed by atoms with E-state index in [-0.39, 0.29) is 6.61 Å². The molecule has 3 heteroatoms. The zero-order valence-corrected chi connectivity index (χ0v) is 13.3. The second kappa shape index (κ2) is 7.92. The first-order valence-corrected chi connectivity index (χ1v) is 8.22. The van der Waals surface area contributed by atoms with Crippen LogP contribution in [-0.4, -0.2) is 30.5 Å². The number of nitrogens with one attached hydrogen (secondary N) is 1. The first-order valence-electron chi connectivity index (χ1n) is 8.22.